The number of amides is 1. The molecular weight excluding hydrogens is 248 g/mol. The van der Waals surface area contributed by atoms with Crippen LogP contribution in [0.1, 0.15) is 16.2 Å². The summed E-state index contributed by atoms with van der Waals surface area (Å²) in [7, 11) is 3.71. The molecule has 19 heavy (non-hydrogen) atoms. The lowest BCUT2D eigenvalue weighted by molar-refractivity contribution is -0.137. The Bertz CT molecular complexity index is 445. The van der Waals surface area contributed by atoms with Gasteiger partial charge in [-0.25, -0.2) is 4.98 Å². The lowest BCUT2D eigenvalue weighted by Crippen LogP contribution is -2.40. The normalized spacial score (nSPS) is 10.5. The van der Waals surface area contributed by atoms with Gasteiger partial charge < -0.3 is 14.9 Å². The van der Waals surface area contributed by atoms with Crippen molar-refractivity contribution in [2.75, 3.05) is 33.7 Å². The number of aryl methyl sites for hydroxylation is 1. The van der Waals surface area contributed by atoms with Crippen molar-refractivity contribution in [1.29, 1.82) is 0 Å². The summed E-state index contributed by atoms with van der Waals surface area (Å²) in [5.41, 5.74) is 0.861. The van der Waals surface area contributed by atoms with Crippen LogP contribution in [0.25, 0.3) is 0 Å². The van der Waals surface area contributed by atoms with Crippen LogP contribution < -0.4 is 0 Å². The molecule has 1 heterocycles. The molecule has 0 saturated carbocycles. The molecule has 1 rings (SSSR count). The number of carbonyl (C=O) groups excluding carboxylic acids is 1. The highest BCUT2D eigenvalue weighted by atomic mass is 16.4. The monoisotopic (exact) mass is 266 g/mol. The van der Waals surface area contributed by atoms with E-state index in [0.717, 1.165) is 0 Å². The van der Waals surface area contributed by atoms with Gasteiger partial charge in [-0.15, -0.1) is 0 Å². The zero-order valence-corrected chi connectivity index (χ0v) is 11.3. The van der Waals surface area contributed by atoms with Crippen LogP contribution in [-0.4, -0.2) is 70.5 Å². The zero-order chi connectivity index (χ0) is 14.4. The molecule has 0 radical (unpaired) electrons. The molecule has 104 valence electrons. The number of aromatic nitrogens is 2. The second-order valence-corrected chi connectivity index (χ2v) is 4.47. The predicted octanol–water partition coefficient (Wildman–Crippen LogP) is -0.127. The largest absolute Gasteiger partial charge is 0.480 e. The van der Waals surface area contributed by atoms with Crippen LogP contribution in [0.3, 0.4) is 0 Å². The molecule has 7 heteroatoms. The summed E-state index contributed by atoms with van der Waals surface area (Å²) in [6.45, 7) is 2.33. The van der Waals surface area contributed by atoms with Crippen LogP contribution in [-0.2, 0) is 4.79 Å². The fraction of sp³-hybridized carbons (Fsp3) is 0.500. The van der Waals surface area contributed by atoms with Gasteiger partial charge in [-0.1, -0.05) is 0 Å². The molecule has 0 unspecified atom stereocenters. The Labute approximate surface area is 111 Å². The molecule has 1 aromatic heterocycles. The van der Waals surface area contributed by atoms with Crippen molar-refractivity contribution in [2.45, 2.75) is 6.92 Å². The van der Waals surface area contributed by atoms with E-state index in [0.29, 0.717) is 18.8 Å². The third-order valence-corrected chi connectivity index (χ3v) is 2.43. The molecule has 0 aliphatic heterocycles. The molecule has 1 amide bonds. The molecule has 0 aromatic carbocycles. The SMILES string of the molecule is Cc1cnc(C(=O)N(CCN(C)C)CC(=O)O)cn1. The van der Waals surface area contributed by atoms with Crippen molar-refractivity contribution < 1.29 is 14.7 Å². The standard InChI is InChI=1S/C12H18N4O3/c1-9-6-14-10(7-13-9)12(19)16(8-11(17)18)5-4-15(2)3/h6-7H,4-5,8H2,1-3H3,(H,17,18). The Kier molecular flexibility index (Phi) is 5.37. The van der Waals surface area contributed by atoms with Gasteiger partial charge in [0.25, 0.3) is 5.91 Å². The molecule has 0 saturated heterocycles. The lowest BCUT2D eigenvalue weighted by Gasteiger charge is -2.22. The topological polar surface area (TPSA) is 86.6 Å². The van der Waals surface area contributed by atoms with Gasteiger partial charge in [-0.3, -0.25) is 14.6 Å². The lowest BCUT2D eigenvalue weighted by atomic mass is 10.3. The van der Waals surface area contributed by atoms with Gasteiger partial charge in [-0.2, -0.15) is 0 Å². The molecule has 0 aliphatic rings. The molecule has 1 N–H and O–H groups in total. The summed E-state index contributed by atoms with van der Waals surface area (Å²) in [4.78, 5) is 34.0. The van der Waals surface area contributed by atoms with Crippen molar-refractivity contribution >= 4 is 11.9 Å². The number of likely N-dealkylation sites (N-methyl/N-ethyl adjacent to an activating group) is 1. The summed E-state index contributed by atoms with van der Waals surface area (Å²) < 4.78 is 0. The fourth-order valence-corrected chi connectivity index (χ4v) is 1.40. The van der Waals surface area contributed by atoms with E-state index in [1.165, 1.54) is 17.3 Å². The van der Waals surface area contributed by atoms with Crippen LogP contribution in [0.4, 0.5) is 0 Å². The number of hydrogen-bond donors (Lipinski definition) is 1. The van der Waals surface area contributed by atoms with E-state index in [4.69, 9.17) is 5.11 Å². The van der Waals surface area contributed by atoms with Crippen molar-refractivity contribution in [1.82, 2.24) is 19.8 Å². The van der Waals surface area contributed by atoms with E-state index >= 15 is 0 Å². The molecular formula is C12H18N4O3. The van der Waals surface area contributed by atoms with Gasteiger partial charge in [0.15, 0.2) is 0 Å². The molecule has 0 fully saturated rings. The van der Waals surface area contributed by atoms with E-state index in [-0.39, 0.29) is 12.2 Å². The van der Waals surface area contributed by atoms with E-state index in [2.05, 4.69) is 9.97 Å². The molecule has 0 aliphatic carbocycles. The number of carboxylic acids is 1. The first-order valence-corrected chi connectivity index (χ1v) is 5.84. The first kappa shape index (κ1) is 15.0. The maximum atomic E-state index is 12.1. The number of nitrogens with zero attached hydrogens (tertiary/aromatic N) is 4. The minimum Gasteiger partial charge on any atom is -0.480 e. The first-order chi connectivity index (χ1) is 8.90. The third kappa shape index (κ3) is 5.01. The molecule has 0 atom stereocenters. The highest BCUT2D eigenvalue weighted by Gasteiger charge is 2.19. The fourth-order valence-electron chi connectivity index (χ4n) is 1.40. The smallest absolute Gasteiger partial charge is 0.323 e. The molecule has 7 nitrogen and oxygen atoms in total. The minimum absolute atomic E-state index is 0.158. The average molecular weight is 266 g/mol. The second kappa shape index (κ2) is 6.79. The summed E-state index contributed by atoms with van der Waals surface area (Å²) in [6, 6.07) is 0. The first-order valence-electron chi connectivity index (χ1n) is 5.84. The number of hydrogen-bond acceptors (Lipinski definition) is 5. The summed E-state index contributed by atoms with van der Waals surface area (Å²) in [5.74, 6) is -1.47. The van der Waals surface area contributed by atoms with Gasteiger partial charge in [0.1, 0.15) is 12.2 Å². The number of rotatable bonds is 6. The van der Waals surface area contributed by atoms with Crippen LogP contribution >= 0.6 is 0 Å². The van der Waals surface area contributed by atoms with Crippen molar-refractivity contribution in [2.24, 2.45) is 0 Å². The van der Waals surface area contributed by atoms with Crippen LogP contribution in [0.2, 0.25) is 0 Å². The van der Waals surface area contributed by atoms with Crippen molar-refractivity contribution in [3.63, 3.8) is 0 Å². The summed E-state index contributed by atoms with van der Waals surface area (Å²) in [5, 5.41) is 8.85. The Morgan fingerprint density at radius 2 is 1.89 bits per heavy atom. The molecule has 0 bridgehead atoms. The van der Waals surface area contributed by atoms with Crippen LogP contribution in [0.5, 0.6) is 0 Å². The minimum atomic E-state index is -1.05. The highest BCUT2D eigenvalue weighted by Crippen LogP contribution is 2.01. The van der Waals surface area contributed by atoms with E-state index in [9.17, 15) is 9.59 Å². The maximum absolute atomic E-state index is 12.1. The van der Waals surface area contributed by atoms with Crippen LogP contribution in [0.15, 0.2) is 12.4 Å². The van der Waals surface area contributed by atoms with E-state index in [1.54, 1.807) is 6.92 Å². The Morgan fingerprint density at radius 3 is 2.37 bits per heavy atom. The molecule has 0 spiro atoms. The molecule has 1 aromatic rings. The van der Waals surface area contributed by atoms with Crippen LogP contribution in [0, 0.1) is 6.92 Å². The zero-order valence-electron chi connectivity index (χ0n) is 11.3. The Morgan fingerprint density at radius 1 is 1.21 bits per heavy atom. The third-order valence-electron chi connectivity index (χ3n) is 2.43. The number of carboxylic acid groups (broad SMARTS) is 1. The van der Waals surface area contributed by atoms with Gasteiger partial charge in [0, 0.05) is 19.3 Å². The number of aliphatic carboxylic acids is 1. The highest BCUT2D eigenvalue weighted by molar-refractivity contribution is 5.93. The Balaban J connectivity index is 2.80. The predicted molar refractivity (Wildman–Crippen MR) is 68.9 cm³/mol. The summed E-state index contributed by atoms with van der Waals surface area (Å²) in [6.07, 6.45) is 2.85. The van der Waals surface area contributed by atoms with Gasteiger partial charge >= 0.3 is 5.97 Å². The number of carbonyl (C=O) groups is 2. The van der Waals surface area contributed by atoms with E-state index in [1.807, 2.05) is 19.0 Å². The van der Waals surface area contributed by atoms with Crippen molar-refractivity contribution in [3.05, 3.63) is 23.8 Å². The van der Waals surface area contributed by atoms with Gasteiger partial charge in [0.05, 0.1) is 11.9 Å². The quantitative estimate of drug-likeness (QED) is 0.772. The maximum Gasteiger partial charge on any atom is 0.323 e. The van der Waals surface area contributed by atoms with Crippen molar-refractivity contribution in [3.8, 4) is 0 Å². The average Bonchev–Trinajstić information content (AvgIpc) is 2.34. The van der Waals surface area contributed by atoms with Gasteiger partial charge in [-0.05, 0) is 21.0 Å². The Hall–Kier alpha value is -2.02. The van der Waals surface area contributed by atoms with Gasteiger partial charge in [0.2, 0.25) is 0 Å². The second-order valence-electron chi connectivity index (χ2n) is 4.47. The summed E-state index contributed by atoms with van der Waals surface area (Å²) >= 11 is 0. The van der Waals surface area contributed by atoms with E-state index < -0.39 is 11.9 Å².